The molecule has 2 atom stereocenters. The van der Waals surface area contributed by atoms with E-state index in [9.17, 15) is 14.5 Å². The van der Waals surface area contributed by atoms with Gasteiger partial charge in [0.1, 0.15) is 23.4 Å². The molecule has 164 valence electrons. The van der Waals surface area contributed by atoms with Crippen LogP contribution in [0.2, 0.25) is 0 Å². The molecule has 3 heterocycles. The molecular weight excluding hydrogens is 443 g/mol. The largest absolute Gasteiger partial charge is 0.459 e. The van der Waals surface area contributed by atoms with Crippen LogP contribution in [0.3, 0.4) is 0 Å². The van der Waals surface area contributed by atoms with Crippen molar-refractivity contribution in [3.8, 4) is 11.3 Å². The van der Waals surface area contributed by atoms with E-state index in [1.165, 1.54) is 18.2 Å². The number of aromatic nitrogens is 1. The zero-order chi connectivity index (χ0) is 22.9. The van der Waals surface area contributed by atoms with E-state index >= 15 is 0 Å². The normalized spacial score (nSPS) is 17.7. The fraction of sp³-hybridized carbons (Fsp3) is 0.0833. The summed E-state index contributed by atoms with van der Waals surface area (Å²) >= 11 is 5.63. The van der Waals surface area contributed by atoms with E-state index in [0.717, 1.165) is 5.69 Å². The standard InChI is InChI=1S/C24H17FN4O3S/c25-15-8-10-16(11-9-15)28-23(22(27-24(28)33)18-6-3-4-14-26-18)21-13-12-20(32-21)17-5-1-2-7-19(17)29(30)31/h1-14,22-23H,(H,27,33)/t22-,23+/m1/s1. The van der Waals surface area contributed by atoms with Crippen molar-refractivity contribution in [3.05, 3.63) is 112 Å². The molecule has 0 saturated carbocycles. The SMILES string of the molecule is O=[N+]([O-])c1ccccc1-c1ccc([C@H]2[C@@H](c3ccccn3)NC(=S)N2c2ccc(F)cc2)o1. The number of rotatable bonds is 5. The number of anilines is 1. The van der Waals surface area contributed by atoms with Crippen LogP contribution in [0.5, 0.6) is 0 Å². The summed E-state index contributed by atoms with van der Waals surface area (Å²) in [5.74, 6) is 0.552. The van der Waals surface area contributed by atoms with Gasteiger partial charge in [-0.15, -0.1) is 0 Å². The number of benzene rings is 2. The zero-order valence-electron chi connectivity index (χ0n) is 17.1. The van der Waals surface area contributed by atoms with Gasteiger partial charge in [-0.25, -0.2) is 4.39 Å². The van der Waals surface area contributed by atoms with Crippen LogP contribution in [-0.4, -0.2) is 15.0 Å². The second kappa shape index (κ2) is 8.44. The van der Waals surface area contributed by atoms with E-state index in [2.05, 4.69) is 10.3 Å². The highest BCUT2D eigenvalue weighted by atomic mass is 32.1. The van der Waals surface area contributed by atoms with Crippen LogP contribution in [0.4, 0.5) is 15.8 Å². The summed E-state index contributed by atoms with van der Waals surface area (Å²) in [6, 6.07) is 20.7. The third-order valence-electron chi connectivity index (χ3n) is 5.49. The Morgan fingerprint density at radius 2 is 1.79 bits per heavy atom. The lowest BCUT2D eigenvalue weighted by Gasteiger charge is -2.26. The van der Waals surface area contributed by atoms with Crippen LogP contribution in [0.15, 0.2) is 89.5 Å². The van der Waals surface area contributed by atoms with Crippen molar-refractivity contribution in [2.24, 2.45) is 0 Å². The van der Waals surface area contributed by atoms with E-state index in [-0.39, 0.29) is 17.5 Å². The van der Waals surface area contributed by atoms with Gasteiger partial charge in [0.05, 0.1) is 22.2 Å². The topological polar surface area (TPSA) is 84.4 Å². The summed E-state index contributed by atoms with van der Waals surface area (Å²) in [5.41, 5.74) is 1.76. The summed E-state index contributed by atoms with van der Waals surface area (Å²) in [5, 5.41) is 15.2. The third kappa shape index (κ3) is 3.83. The molecule has 4 aromatic rings. The van der Waals surface area contributed by atoms with Crippen molar-refractivity contribution < 1.29 is 13.7 Å². The van der Waals surface area contributed by atoms with Gasteiger partial charge in [0.25, 0.3) is 5.69 Å². The van der Waals surface area contributed by atoms with E-state index in [4.69, 9.17) is 16.6 Å². The molecule has 1 aliphatic heterocycles. The molecule has 7 nitrogen and oxygen atoms in total. The molecule has 1 fully saturated rings. The fourth-order valence-electron chi connectivity index (χ4n) is 4.02. The number of nitro groups is 1. The Balaban J connectivity index is 1.61. The molecule has 9 heteroatoms. The van der Waals surface area contributed by atoms with Crippen LogP contribution in [0, 0.1) is 15.9 Å². The molecule has 5 rings (SSSR count). The van der Waals surface area contributed by atoms with Gasteiger partial charge in [-0.3, -0.25) is 15.1 Å². The zero-order valence-corrected chi connectivity index (χ0v) is 17.9. The number of pyridine rings is 1. The van der Waals surface area contributed by atoms with Crippen molar-refractivity contribution in [2.75, 3.05) is 4.90 Å². The lowest BCUT2D eigenvalue weighted by Crippen LogP contribution is -2.29. The first-order valence-electron chi connectivity index (χ1n) is 10.1. The molecule has 0 amide bonds. The molecule has 0 aliphatic carbocycles. The molecule has 0 spiro atoms. The molecule has 0 radical (unpaired) electrons. The molecule has 2 aromatic heterocycles. The van der Waals surface area contributed by atoms with Crippen molar-refractivity contribution in [1.82, 2.24) is 10.3 Å². The molecule has 33 heavy (non-hydrogen) atoms. The number of nitro benzene ring substituents is 1. The minimum atomic E-state index is -0.450. The minimum Gasteiger partial charge on any atom is -0.459 e. The first-order valence-corrected chi connectivity index (χ1v) is 10.5. The second-order valence-electron chi connectivity index (χ2n) is 7.45. The first kappa shape index (κ1) is 20.8. The lowest BCUT2D eigenvalue weighted by atomic mass is 10.0. The number of furan rings is 1. The quantitative estimate of drug-likeness (QED) is 0.237. The Hall–Kier alpha value is -4.11. The number of hydrogen-bond donors (Lipinski definition) is 1. The van der Waals surface area contributed by atoms with Crippen molar-refractivity contribution in [3.63, 3.8) is 0 Å². The number of hydrogen-bond acceptors (Lipinski definition) is 5. The van der Waals surface area contributed by atoms with Crippen LogP contribution in [0.25, 0.3) is 11.3 Å². The van der Waals surface area contributed by atoms with Gasteiger partial charge in [-0.05, 0) is 66.8 Å². The van der Waals surface area contributed by atoms with Gasteiger partial charge < -0.3 is 14.6 Å². The van der Waals surface area contributed by atoms with E-state index in [0.29, 0.717) is 27.9 Å². The first-order chi connectivity index (χ1) is 16.0. The maximum Gasteiger partial charge on any atom is 0.280 e. The van der Waals surface area contributed by atoms with Gasteiger partial charge in [0.15, 0.2) is 5.11 Å². The number of thiocarbonyl (C=S) groups is 1. The number of nitrogens with one attached hydrogen (secondary N) is 1. The summed E-state index contributed by atoms with van der Waals surface area (Å²) in [6.07, 6.45) is 1.69. The van der Waals surface area contributed by atoms with Gasteiger partial charge in [0.2, 0.25) is 0 Å². The monoisotopic (exact) mass is 460 g/mol. The van der Waals surface area contributed by atoms with Crippen LogP contribution < -0.4 is 10.2 Å². The van der Waals surface area contributed by atoms with E-state index < -0.39 is 11.0 Å². The third-order valence-corrected chi connectivity index (χ3v) is 5.80. The highest BCUT2D eigenvalue weighted by molar-refractivity contribution is 7.80. The van der Waals surface area contributed by atoms with Crippen molar-refractivity contribution in [1.29, 1.82) is 0 Å². The highest BCUT2D eigenvalue weighted by Crippen LogP contribution is 2.43. The number of halogens is 1. The van der Waals surface area contributed by atoms with Gasteiger partial charge in [-0.1, -0.05) is 18.2 Å². The van der Waals surface area contributed by atoms with Crippen LogP contribution in [-0.2, 0) is 0 Å². The molecular formula is C24H17FN4O3S. The Labute approximate surface area is 193 Å². The number of para-hydroxylation sites is 1. The van der Waals surface area contributed by atoms with Gasteiger partial charge in [-0.2, -0.15) is 0 Å². The lowest BCUT2D eigenvalue weighted by molar-refractivity contribution is -0.384. The van der Waals surface area contributed by atoms with Gasteiger partial charge >= 0.3 is 0 Å². The Morgan fingerprint density at radius 1 is 1.03 bits per heavy atom. The Bertz CT molecular complexity index is 1330. The average molecular weight is 460 g/mol. The molecule has 0 bridgehead atoms. The maximum atomic E-state index is 13.6. The molecule has 1 saturated heterocycles. The van der Waals surface area contributed by atoms with E-state index in [1.54, 1.807) is 48.7 Å². The molecule has 1 N–H and O–H groups in total. The fourth-order valence-corrected chi connectivity index (χ4v) is 4.37. The molecule has 2 aromatic carbocycles. The minimum absolute atomic E-state index is 0.0462. The average Bonchev–Trinajstić information content (AvgIpc) is 3.45. The predicted octanol–water partition coefficient (Wildman–Crippen LogP) is 5.57. The summed E-state index contributed by atoms with van der Waals surface area (Å²) < 4.78 is 19.7. The second-order valence-corrected chi connectivity index (χ2v) is 7.84. The Kier molecular flexibility index (Phi) is 5.31. The van der Waals surface area contributed by atoms with E-state index in [1.807, 2.05) is 23.1 Å². The summed E-state index contributed by atoms with van der Waals surface area (Å²) in [7, 11) is 0. The number of nitrogens with zero attached hydrogens (tertiary/aromatic N) is 3. The van der Waals surface area contributed by atoms with Crippen LogP contribution in [0.1, 0.15) is 23.5 Å². The Morgan fingerprint density at radius 3 is 2.52 bits per heavy atom. The summed E-state index contributed by atoms with van der Waals surface area (Å²) in [6.45, 7) is 0. The smallest absolute Gasteiger partial charge is 0.280 e. The van der Waals surface area contributed by atoms with Gasteiger partial charge in [0, 0.05) is 18.0 Å². The predicted molar refractivity (Wildman–Crippen MR) is 125 cm³/mol. The van der Waals surface area contributed by atoms with Crippen LogP contribution >= 0.6 is 12.2 Å². The maximum absolute atomic E-state index is 13.6. The summed E-state index contributed by atoms with van der Waals surface area (Å²) in [4.78, 5) is 17.4. The molecule has 1 aliphatic rings. The molecule has 0 unspecified atom stereocenters. The van der Waals surface area contributed by atoms with Crippen molar-refractivity contribution >= 4 is 28.7 Å². The highest BCUT2D eigenvalue weighted by Gasteiger charge is 2.42. The van der Waals surface area contributed by atoms with Crippen molar-refractivity contribution in [2.45, 2.75) is 12.1 Å².